The minimum Gasteiger partial charge on any atom is -0.465 e. The van der Waals surface area contributed by atoms with Gasteiger partial charge in [-0.2, -0.15) is 0 Å². The van der Waals surface area contributed by atoms with Gasteiger partial charge in [0.05, 0.1) is 31.0 Å². The quantitative estimate of drug-likeness (QED) is 0.656. The summed E-state index contributed by atoms with van der Waals surface area (Å²) in [7, 11) is 2.44. The molecule has 0 aromatic heterocycles. The predicted octanol–water partition coefficient (Wildman–Crippen LogP) is 2.22. The van der Waals surface area contributed by atoms with Crippen molar-refractivity contribution in [1.29, 1.82) is 0 Å². The van der Waals surface area contributed by atoms with Crippen LogP contribution in [0.2, 0.25) is 0 Å². The Morgan fingerprint density at radius 1 is 0.870 bits per heavy atom. The van der Waals surface area contributed by atoms with Gasteiger partial charge < -0.3 is 25.7 Å². The van der Waals surface area contributed by atoms with Gasteiger partial charge in [0.15, 0.2) is 0 Å². The van der Waals surface area contributed by atoms with E-state index in [-0.39, 0.29) is 11.1 Å². The number of hydrogen-bond donors (Lipinski definition) is 2. The van der Waals surface area contributed by atoms with Crippen molar-refractivity contribution >= 4 is 23.3 Å². The van der Waals surface area contributed by atoms with E-state index in [2.05, 4.69) is 9.47 Å². The maximum Gasteiger partial charge on any atom is 0.338 e. The maximum atomic E-state index is 11.8. The zero-order chi connectivity index (χ0) is 17.0. The number of carbonyl (C=O) groups is 2. The number of rotatable bonds is 4. The molecule has 0 aliphatic rings. The van der Waals surface area contributed by atoms with E-state index in [9.17, 15) is 9.59 Å². The molecule has 0 saturated carbocycles. The van der Waals surface area contributed by atoms with Gasteiger partial charge in [0.2, 0.25) is 0 Å². The summed E-state index contributed by atoms with van der Waals surface area (Å²) in [5.74, 6) is -0.638. The van der Waals surface area contributed by atoms with Crippen LogP contribution in [0.5, 0.6) is 11.5 Å². The third-order valence-corrected chi connectivity index (χ3v) is 3.06. The van der Waals surface area contributed by atoms with Gasteiger partial charge in [-0.3, -0.25) is 0 Å². The molecule has 0 spiro atoms. The summed E-state index contributed by atoms with van der Waals surface area (Å²) in [6, 6.07) is 9.12. The van der Waals surface area contributed by atoms with Crippen molar-refractivity contribution < 1.29 is 23.8 Å². The lowest BCUT2D eigenvalue weighted by Crippen LogP contribution is -2.11. The number of carbonyl (C=O) groups excluding carboxylic acids is 2. The van der Waals surface area contributed by atoms with Gasteiger partial charge in [0.25, 0.3) is 0 Å². The first-order valence-corrected chi connectivity index (χ1v) is 6.59. The van der Waals surface area contributed by atoms with Crippen molar-refractivity contribution in [1.82, 2.24) is 0 Å². The van der Waals surface area contributed by atoms with Gasteiger partial charge in [0.1, 0.15) is 11.5 Å². The summed E-state index contributed by atoms with van der Waals surface area (Å²) in [4.78, 5) is 23.6. The Hall–Kier alpha value is -3.22. The topological polar surface area (TPSA) is 114 Å². The molecule has 0 bridgehead atoms. The van der Waals surface area contributed by atoms with E-state index in [0.29, 0.717) is 22.9 Å². The van der Waals surface area contributed by atoms with Crippen LogP contribution in [-0.4, -0.2) is 26.2 Å². The lowest BCUT2D eigenvalue weighted by atomic mass is 10.1. The molecule has 7 nitrogen and oxygen atoms in total. The number of nitrogens with two attached hydrogens (primary N) is 2. The van der Waals surface area contributed by atoms with E-state index in [4.69, 9.17) is 16.2 Å². The first-order valence-electron chi connectivity index (χ1n) is 6.59. The van der Waals surface area contributed by atoms with Crippen LogP contribution in [0.3, 0.4) is 0 Å². The van der Waals surface area contributed by atoms with Crippen molar-refractivity contribution in [3.8, 4) is 11.5 Å². The first kappa shape index (κ1) is 16.2. The normalized spacial score (nSPS) is 10.0. The highest BCUT2D eigenvalue weighted by Crippen LogP contribution is 2.30. The van der Waals surface area contributed by atoms with Gasteiger partial charge >= 0.3 is 11.9 Å². The van der Waals surface area contributed by atoms with Crippen LogP contribution in [0.15, 0.2) is 36.4 Å². The molecule has 0 amide bonds. The van der Waals surface area contributed by atoms with Crippen LogP contribution in [0.25, 0.3) is 0 Å². The Balaban J connectivity index is 2.40. The summed E-state index contributed by atoms with van der Waals surface area (Å²) in [6.07, 6.45) is 0. The van der Waals surface area contributed by atoms with Crippen LogP contribution >= 0.6 is 0 Å². The number of esters is 2. The number of anilines is 2. The molecular formula is C16H16N2O5. The van der Waals surface area contributed by atoms with Gasteiger partial charge in [0, 0.05) is 5.69 Å². The Labute approximate surface area is 132 Å². The highest BCUT2D eigenvalue weighted by Gasteiger charge is 2.19. The van der Waals surface area contributed by atoms with Crippen LogP contribution < -0.4 is 16.2 Å². The molecule has 4 N–H and O–H groups in total. The van der Waals surface area contributed by atoms with Crippen molar-refractivity contribution in [3.05, 3.63) is 47.5 Å². The van der Waals surface area contributed by atoms with Gasteiger partial charge in [-0.05, 0) is 36.4 Å². The highest BCUT2D eigenvalue weighted by atomic mass is 16.5. The second kappa shape index (κ2) is 6.69. The van der Waals surface area contributed by atoms with E-state index in [0.717, 1.165) is 0 Å². The fourth-order valence-electron chi connectivity index (χ4n) is 1.94. The summed E-state index contributed by atoms with van der Waals surface area (Å²) in [6.45, 7) is 0. The standard InChI is InChI=1S/C16H16N2O5/c1-21-15(19)11-5-4-10(8-12(11)16(20)22-2)23-14-6-3-9(17)7-13(14)18/h3-8H,17-18H2,1-2H3. The minimum absolute atomic E-state index is 0.0332. The van der Waals surface area contributed by atoms with Gasteiger partial charge in [-0.15, -0.1) is 0 Å². The summed E-state index contributed by atoms with van der Waals surface area (Å²) >= 11 is 0. The monoisotopic (exact) mass is 316 g/mol. The molecule has 23 heavy (non-hydrogen) atoms. The predicted molar refractivity (Wildman–Crippen MR) is 84.5 cm³/mol. The van der Waals surface area contributed by atoms with Crippen LogP contribution in [-0.2, 0) is 9.47 Å². The Morgan fingerprint density at radius 3 is 2.13 bits per heavy atom. The third-order valence-electron chi connectivity index (χ3n) is 3.06. The van der Waals surface area contributed by atoms with E-state index >= 15 is 0 Å². The smallest absolute Gasteiger partial charge is 0.338 e. The molecule has 0 heterocycles. The van der Waals surface area contributed by atoms with Crippen molar-refractivity contribution in [3.63, 3.8) is 0 Å². The Kier molecular flexibility index (Phi) is 4.70. The van der Waals surface area contributed by atoms with E-state index in [1.54, 1.807) is 18.2 Å². The molecule has 0 radical (unpaired) electrons. The maximum absolute atomic E-state index is 11.8. The zero-order valence-electron chi connectivity index (χ0n) is 12.7. The summed E-state index contributed by atoms with van der Waals surface area (Å²) in [5, 5.41) is 0. The molecule has 7 heteroatoms. The molecule has 0 aliphatic heterocycles. The second-order valence-electron chi connectivity index (χ2n) is 4.59. The third kappa shape index (κ3) is 3.52. The molecule has 2 aromatic carbocycles. The number of nitrogen functional groups attached to an aromatic ring is 2. The number of benzene rings is 2. The van der Waals surface area contributed by atoms with Crippen molar-refractivity contribution in [2.24, 2.45) is 0 Å². The molecule has 0 saturated heterocycles. The highest BCUT2D eigenvalue weighted by molar-refractivity contribution is 6.03. The van der Waals surface area contributed by atoms with E-state index in [1.165, 1.54) is 32.4 Å². The molecule has 0 aliphatic carbocycles. The molecule has 2 rings (SSSR count). The first-order chi connectivity index (χ1) is 11.0. The summed E-state index contributed by atoms with van der Waals surface area (Å²) in [5.41, 5.74) is 12.4. The Bertz CT molecular complexity index is 758. The van der Waals surface area contributed by atoms with E-state index in [1.807, 2.05) is 0 Å². The molecular weight excluding hydrogens is 300 g/mol. The fraction of sp³-hybridized carbons (Fsp3) is 0.125. The average Bonchev–Trinajstić information content (AvgIpc) is 2.55. The fourth-order valence-corrected chi connectivity index (χ4v) is 1.94. The number of methoxy groups -OCH3 is 2. The Morgan fingerprint density at radius 2 is 1.52 bits per heavy atom. The van der Waals surface area contributed by atoms with E-state index < -0.39 is 11.9 Å². The SMILES string of the molecule is COC(=O)c1ccc(Oc2ccc(N)cc2N)cc1C(=O)OC. The number of ether oxygens (including phenoxy) is 3. The van der Waals surface area contributed by atoms with Crippen LogP contribution in [0.4, 0.5) is 11.4 Å². The second-order valence-corrected chi connectivity index (χ2v) is 4.59. The lowest BCUT2D eigenvalue weighted by molar-refractivity contribution is 0.0555. The van der Waals surface area contributed by atoms with Gasteiger partial charge in [-0.1, -0.05) is 0 Å². The largest absolute Gasteiger partial charge is 0.465 e. The van der Waals surface area contributed by atoms with Crippen molar-refractivity contribution in [2.75, 3.05) is 25.7 Å². The number of hydrogen-bond acceptors (Lipinski definition) is 7. The molecule has 0 fully saturated rings. The van der Waals surface area contributed by atoms with Crippen LogP contribution in [0.1, 0.15) is 20.7 Å². The lowest BCUT2D eigenvalue weighted by Gasteiger charge is -2.12. The van der Waals surface area contributed by atoms with Crippen LogP contribution in [0, 0.1) is 0 Å². The summed E-state index contributed by atoms with van der Waals surface area (Å²) < 4.78 is 14.9. The minimum atomic E-state index is -0.680. The molecule has 120 valence electrons. The molecule has 0 atom stereocenters. The van der Waals surface area contributed by atoms with Gasteiger partial charge in [-0.25, -0.2) is 9.59 Å². The molecule has 2 aromatic rings. The van der Waals surface area contributed by atoms with Crippen molar-refractivity contribution in [2.45, 2.75) is 0 Å². The zero-order valence-corrected chi connectivity index (χ0v) is 12.7. The average molecular weight is 316 g/mol. The molecule has 0 unspecified atom stereocenters.